The quantitative estimate of drug-likeness (QED) is 0.629. The average molecular weight is 136 g/mol. The molecule has 0 aliphatic rings. The molecule has 1 rings (SSSR count). The first kappa shape index (κ1) is 6.61. The molecule has 0 unspecified atom stereocenters. The second-order valence-corrected chi connectivity index (χ2v) is 1.69. The van der Waals surface area contributed by atoms with Gasteiger partial charge in [0, 0.05) is 12.3 Å². The van der Waals surface area contributed by atoms with Crippen LogP contribution in [-0.2, 0) is 0 Å². The molecule has 1 aromatic rings. The van der Waals surface area contributed by atoms with Gasteiger partial charge in [-0.05, 0) is 0 Å². The minimum Gasteiger partial charge on any atom is -0.445 e. The van der Waals surface area contributed by atoms with E-state index in [1.807, 2.05) is 0 Å². The first-order chi connectivity index (χ1) is 4.84. The molecule has 10 heavy (non-hydrogen) atoms. The number of nitrogens with two attached hydrogens (primary N) is 1. The highest BCUT2D eigenvalue weighted by Crippen LogP contribution is 2.21. The summed E-state index contributed by atoms with van der Waals surface area (Å²) in [5.41, 5.74) is 5.98. The lowest BCUT2D eigenvalue weighted by molar-refractivity contribution is 0.579. The van der Waals surface area contributed by atoms with Crippen molar-refractivity contribution in [2.24, 2.45) is 4.99 Å². The zero-order valence-corrected chi connectivity index (χ0v) is 5.45. The van der Waals surface area contributed by atoms with Gasteiger partial charge in [0.2, 0.25) is 5.88 Å². The molecular weight excluding hydrogens is 128 g/mol. The molecule has 0 spiro atoms. The molecule has 3 heteroatoms. The molecule has 0 saturated carbocycles. The first-order valence-corrected chi connectivity index (χ1v) is 2.82. The highest BCUT2D eigenvalue weighted by molar-refractivity contribution is 5.75. The van der Waals surface area contributed by atoms with Crippen molar-refractivity contribution in [2.75, 3.05) is 5.73 Å². The molecule has 0 aromatic carbocycles. The molecular formula is C7H8N2O. The van der Waals surface area contributed by atoms with E-state index in [0.29, 0.717) is 11.6 Å². The SMILES string of the molecule is C=CC=Nc1occc1N. The highest BCUT2D eigenvalue weighted by Gasteiger charge is 1.95. The summed E-state index contributed by atoms with van der Waals surface area (Å²) in [4.78, 5) is 3.85. The summed E-state index contributed by atoms with van der Waals surface area (Å²) in [5, 5.41) is 0. The zero-order chi connectivity index (χ0) is 7.40. The minimum absolute atomic E-state index is 0.430. The Hall–Kier alpha value is -1.51. The minimum atomic E-state index is 0.430. The number of nitrogens with zero attached hydrogens (tertiary/aromatic N) is 1. The van der Waals surface area contributed by atoms with Gasteiger partial charge in [0.05, 0.1) is 12.0 Å². The summed E-state index contributed by atoms with van der Waals surface area (Å²) in [6.45, 7) is 3.46. The lowest BCUT2D eigenvalue weighted by atomic mass is 10.5. The van der Waals surface area contributed by atoms with Gasteiger partial charge in [0.1, 0.15) is 0 Å². The third-order valence-electron chi connectivity index (χ3n) is 0.971. The Bertz CT molecular complexity index is 250. The Morgan fingerprint density at radius 1 is 1.70 bits per heavy atom. The van der Waals surface area contributed by atoms with Crippen LogP contribution in [0, 0.1) is 0 Å². The van der Waals surface area contributed by atoms with E-state index < -0.39 is 0 Å². The Morgan fingerprint density at radius 2 is 2.50 bits per heavy atom. The molecule has 0 amide bonds. The van der Waals surface area contributed by atoms with Gasteiger partial charge in [0.15, 0.2) is 0 Å². The van der Waals surface area contributed by atoms with Crippen LogP contribution in [0.4, 0.5) is 11.6 Å². The number of furan rings is 1. The number of hydrogen-bond acceptors (Lipinski definition) is 3. The number of nitrogen functional groups attached to an aromatic ring is 1. The molecule has 52 valence electrons. The second-order valence-electron chi connectivity index (χ2n) is 1.69. The van der Waals surface area contributed by atoms with Gasteiger partial charge in [0.25, 0.3) is 0 Å². The van der Waals surface area contributed by atoms with Gasteiger partial charge in [-0.15, -0.1) is 0 Å². The van der Waals surface area contributed by atoms with E-state index >= 15 is 0 Å². The maximum atomic E-state index is 5.44. The van der Waals surface area contributed by atoms with E-state index in [4.69, 9.17) is 10.2 Å². The van der Waals surface area contributed by atoms with Crippen LogP contribution in [0.2, 0.25) is 0 Å². The normalized spacial score (nSPS) is 10.4. The van der Waals surface area contributed by atoms with E-state index in [2.05, 4.69) is 11.6 Å². The topological polar surface area (TPSA) is 51.5 Å². The summed E-state index contributed by atoms with van der Waals surface area (Å²) in [7, 11) is 0. The van der Waals surface area contributed by atoms with Crippen molar-refractivity contribution in [3.05, 3.63) is 25.0 Å². The summed E-state index contributed by atoms with van der Waals surface area (Å²) in [6.07, 6.45) is 4.57. The Balaban J connectivity index is 2.83. The van der Waals surface area contributed by atoms with Crippen molar-refractivity contribution in [3.8, 4) is 0 Å². The predicted octanol–water partition coefficient (Wildman–Crippen LogP) is 1.75. The molecule has 0 aliphatic carbocycles. The van der Waals surface area contributed by atoms with Crippen molar-refractivity contribution in [3.63, 3.8) is 0 Å². The van der Waals surface area contributed by atoms with Crippen LogP contribution in [0.1, 0.15) is 0 Å². The fraction of sp³-hybridized carbons (Fsp3) is 0. The number of hydrogen-bond donors (Lipinski definition) is 1. The number of aliphatic imine (C=N–C) groups is 1. The lowest BCUT2D eigenvalue weighted by Crippen LogP contribution is -1.78. The third kappa shape index (κ3) is 1.25. The van der Waals surface area contributed by atoms with Crippen molar-refractivity contribution in [2.45, 2.75) is 0 Å². The van der Waals surface area contributed by atoms with Crippen LogP contribution in [0.25, 0.3) is 0 Å². The fourth-order valence-corrected chi connectivity index (χ4v) is 0.536. The van der Waals surface area contributed by atoms with Crippen LogP contribution < -0.4 is 5.73 Å². The van der Waals surface area contributed by atoms with E-state index in [0.717, 1.165) is 0 Å². The third-order valence-corrected chi connectivity index (χ3v) is 0.971. The van der Waals surface area contributed by atoms with Gasteiger partial charge in [-0.25, -0.2) is 4.99 Å². The Morgan fingerprint density at radius 3 is 3.00 bits per heavy atom. The maximum Gasteiger partial charge on any atom is 0.242 e. The van der Waals surface area contributed by atoms with E-state index in [-0.39, 0.29) is 0 Å². The maximum absolute atomic E-state index is 5.44. The van der Waals surface area contributed by atoms with Gasteiger partial charge in [-0.2, -0.15) is 0 Å². The van der Waals surface area contributed by atoms with Crippen molar-refractivity contribution in [1.29, 1.82) is 0 Å². The molecule has 0 radical (unpaired) electrons. The van der Waals surface area contributed by atoms with Gasteiger partial charge < -0.3 is 10.2 Å². The number of allylic oxidation sites excluding steroid dienone is 1. The van der Waals surface area contributed by atoms with Gasteiger partial charge >= 0.3 is 0 Å². The average Bonchev–Trinajstić information content (AvgIpc) is 2.31. The number of rotatable bonds is 2. The van der Waals surface area contributed by atoms with E-state index in [1.54, 1.807) is 12.1 Å². The summed E-state index contributed by atoms with van der Waals surface area (Å²) >= 11 is 0. The van der Waals surface area contributed by atoms with Crippen molar-refractivity contribution < 1.29 is 4.42 Å². The van der Waals surface area contributed by atoms with Crippen LogP contribution in [0.15, 0.2) is 34.4 Å². The molecule has 0 atom stereocenters. The van der Waals surface area contributed by atoms with Crippen LogP contribution >= 0.6 is 0 Å². The van der Waals surface area contributed by atoms with Crippen molar-refractivity contribution in [1.82, 2.24) is 0 Å². The monoisotopic (exact) mass is 136 g/mol. The van der Waals surface area contributed by atoms with Gasteiger partial charge in [-0.3, -0.25) is 0 Å². The van der Waals surface area contributed by atoms with Crippen LogP contribution in [0.3, 0.4) is 0 Å². The molecule has 1 aromatic heterocycles. The van der Waals surface area contributed by atoms with Crippen molar-refractivity contribution >= 4 is 17.8 Å². The lowest BCUT2D eigenvalue weighted by Gasteiger charge is -1.84. The number of anilines is 1. The standard InChI is InChI=1S/C7H8N2O/c1-2-4-9-7-6(8)3-5-10-7/h2-5H,1,8H2. The van der Waals surface area contributed by atoms with Crippen LogP contribution in [0.5, 0.6) is 0 Å². The molecule has 1 heterocycles. The second kappa shape index (κ2) is 2.87. The molecule has 0 fully saturated rings. The molecule has 3 nitrogen and oxygen atoms in total. The molecule has 0 saturated heterocycles. The Kier molecular flexibility index (Phi) is 1.89. The predicted molar refractivity (Wildman–Crippen MR) is 41.5 cm³/mol. The summed E-state index contributed by atoms with van der Waals surface area (Å²) < 4.78 is 4.90. The highest BCUT2D eigenvalue weighted by atomic mass is 16.3. The molecule has 0 aliphatic heterocycles. The van der Waals surface area contributed by atoms with E-state index in [9.17, 15) is 0 Å². The molecule has 0 bridgehead atoms. The summed E-state index contributed by atoms with van der Waals surface area (Å²) in [5.74, 6) is 0.430. The van der Waals surface area contributed by atoms with Crippen LogP contribution in [-0.4, -0.2) is 6.21 Å². The van der Waals surface area contributed by atoms with E-state index in [1.165, 1.54) is 12.5 Å². The zero-order valence-electron chi connectivity index (χ0n) is 5.45. The smallest absolute Gasteiger partial charge is 0.242 e. The first-order valence-electron chi connectivity index (χ1n) is 2.82. The largest absolute Gasteiger partial charge is 0.445 e. The van der Waals surface area contributed by atoms with Gasteiger partial charge in [-0.1, -0.05) is 12.7 Å². The Labute approximate surface area is 58.9 Å². The molecule has 2 N–H and O–H groups in total. The summed E-state index contributed by atoms with van der Waals surface area (Å²) in [6, 6.07) is 1.65. The fourth-order valence-electron chi connectivity index (χ4n) is 0.536.